The number of carbonyl (C=O) groups excluding carboxylic acids is 8. The lowest BCUT2D eigenvalue weighted by molar-refractivity contribution is -0.136. The third-order valence-corrected chi connectivity index (χ3v) is 7.09. The van der Waals surface area contributed by atoms with Crippen LogP contribution in [0.2, 0.25) is 0 Å². The summed E-state index contributed by atoms with van der Waals surface area (Å²) in [7, 11) is 0. The number of hydrogen-bond acceptors (Lipinski definition) is 10. The molecule has 1 saturated heterocycles. The van der Waals surface area contributed by atoms with Gasteiger partial charge in [-0.05, 0) is 50.5 Å². The highest BCUT2D eigenvalue weighted by Gasteiger charge is 2.33. The second-order valence-corrected chi connectivity index (χ2v) is 12.4. The Labute approximate surface area is 279 Å². The molecule has 0 spiro atoms. The van der Waals surface area contributed by atoms with Gasteiger partial charge in [0, 0.05) is 0 Å². The molecule has 1 aliphatic rings. The molecule has 12 N–H and O–H groups in total. The Balaban J connectivity index is 3.60. The average Bonchev–Trinajstić information content (AvgIpc) is 2.99. The van der Waals surface area contributed by atoms with E-state index in [1.54, 1.807) is 27.7 Å². The summed E-state index contributed by atoms with van der Waals surface area (Å²) in [4.78, 5) is 103. The minimum atomic E-state index is -1.56. The van der Waals surface area contributed by atoms with Gasteiger partial charge in [-0.3, -0.25) is 38.4 Å². The topological polar surface area (TPSA) is 293 Å². The number of nitrogens with one attached hydrogen (secondary N) is 7. The molecule has 0 radical (unpaired) electrons. The van der Waals surface area contributed by atoms with Crippen molar-refractivity contribution in [2.45, 2.75) is 96.4 Å². The second kappa shape index (κ2) is 20.6. The van der Waals surface area contributed by atoms with E-state index in [-0.39, 0.29) is 31.1 Å². The molecule has 5 atom stereocenters. The van der Waals surface area contributed by atoms with E-state index in [4.69, 9.17) is 11.5 Å². The maximum absolute atomic E-state index is 13.6. The first-order valence-corrected chi connectivity index (χ1v) is 15.9. The van der Waals surface area contributed by atoms with Crippen LogP contribution >= 0.6 is 0 Å². The summed E-state index contributed by atoms with van der Waals surface area (Å²) in [5, 5.41) is 26.6. The van der Waals surface area contributed by atoms with E-state index in [0.717, 1.165) is 0 Å². The van der Waals surface area contributed by atoms with Crippen molar-refractivity contribution in [3.8, 4) is 0 Å². The fourth-order valence-electron chi connectivity index (χ4n) is 4.67. The number of aliphatic hydroxyl groups is 1. The van der Waals surface area contributed by atoms with Crippen LogP contribution in [0.1, 0.15) is 66.2 Å². The third-order valence-electron chi connectivity index (χ3n) is 7.09. The lowest BCUT2D eigenvalue weighted by Gasteiger charge is -2.28. The Bertz CT molecular complexity index is 1210. The van der Waals surface area contributed by atoms with Crippen molar-refractivity contribution in [2.75, 3.05) is 19.7 Å². The van der Waals surface area contributed by atoms with Crippen molar-refractivity contribution >= 4 is 47.3 Å². The average molecular weight is 682 g/mol. The molecule has 0 aromatic carbocycles. The zero-order chi connectivity index (χ0) is 36.6. The normalized spacial score (nSPS) is 24.4. The van der Waals surface area contributed by atoms with E-state index in [1.807, 2.05) is 0 Å². The second-order valence-electron chi connectivity index (χ2n) is 12.4. The fraction of sp³-hybridized carbons (Fsp3) is 0.667. The molecule has 48 heavy (non-hydrogen) atoms. The molecule has 18 nitrogen and oxygen atoms in total. The van der Waals surface area contributed by atoms with Crippen molar-refractivity contribution in [1.29, 1.82) is 0 Å². The van der Waals surface area contributed by atoms with Crippen LogP contribution in [0.4, 0.5) is 0 Å². The minimum Gasteiger partial charge on any atom is -0.394 e. The highest BCUT2D eigenvalue weighted by molar-refractivity contribution is 6.01. The fourth-order valence-corrected chi connectivity index (χ4v) is 4.67. The molecule has 8 amide bonds. The van der Waals surface area contributed by atoms with Gasteiger partial charge >= 0.3 is 0 Å². The van der Waals surface area contributed by atoms with Gasteiger partial charge in [0.2, 0.25) is 41.4 Å². The number of aliphatic hydroxyl groups excluding tert-OH is 1. The highest BCUT2D eigenvalue weighted by Crippen LogP contribution is 2.11. The molecule has 0 aromatic rings. The molecule has 0 saturated carbocycles. The van der Waals surface area contributed by atoms with Gasteiger partial charge in [0.25, 0.3) is 5.91 Å². The van der Waals surface area contributed by atoms with Gasteiger partial charge in [0.15, 0.2) is 0 Å². The molecule has 1 fully saturated rings. The number of carbonyl (C=O) groups is 8. The van der Waals surface area contributed by atoms with Crippen LogP contribution < -0.4 is 48.7 Å². The molecule has 1 rings (SSSR count). The van der Waals surface area contributed by atoms with Gasteiger partial charge in [-0.1, -0.05) is 34.3 Å². The predicted molar refractivity (Wildman–Crippen MR) is 173 cm³/mol. The molecule has 0 bridgehead atoms. The van der Waals surface area contributed by atoms with Crippen LogP contribution in [0.25, 0.3) is 0 Å². The van der Waals surface area contributed by atoms with Crippen molar-refractivity contribution in [1.82, 2.24) is 37.2 Å². The summed E-state index contributed by atoms with van der Waals surface area (Å²) < 4.78 is 0. The Morgan fingerprint density at radius 3 is 1.71 bits per heavy atom. The summed E-state index contributed by atoms with van der Waals surface area (Å²) >= 11 is 0. The number of primary amides is 1. The van der Waals surface area contributed by atoms with Gasteiger partial charge in [-0.15, -0.1) is 0 Å². The first-order valence-electron chi connectivity index (χ1n) is 15.9. The Kier molecular flexibility index (Phi) is 17.8. The lowest BCUT2D eigenvalue weighted by Crippen LogP contribution is -2.59. The number of nitrogens with two attached hydrogens (primary N) is 2. The lowest BCUT2D eigenvalue weighted by atomic mass is 10.00. The van der Waals surface area contributed by atoms with Gasteiger partial charge in [-0.25, -0.2) is 0 Å². The number of rotatable bonds is 11. The van der Waals surface area contributed by atoms with E-state index in [9.17, 15) is 43.5 Å². The summed E-state index contributed by atoms with van der Waals surface area (Å²) in [6.45, 7) is 9.32. The van der Waals surface area contributed by atoms with E-state index >= 15 is 0 Å². The van der Waals surface area contributed by atoms with E-state index < -0.39 is 103 Å². The monoisotopic (exact) mass is 681 g/mol. The Morgan fingerprint density at radius 1 is 0.750 bits per heavy atom. The first kappa shape index (κ1) is 41.4. The summed E-state index contributed by atoms with van der Waals surface area (Å²) in [5.41, 5.74) is 10.4. The van der Waals surface area contributed by atoms with E-state index in [0.29, 0.717) is 19.4 Å². The van der Waals surface area contributed by atoms with Gasteiger partial charge in [0.05, 0.1) is 25.3 Å². The van der Waals surface area contributed by atoms with Crippen LogP contribution in [-0.4, -0.2) is 102 Å². The standard InChI is InChI=1S/C30H51N9O9/c1-15(2)10-19-28(46)35-18(8-6-7-9-31)27(45)36-20(11-16(3)4)29(47)38-21(12-23(32)41)26(44)33-13-24(42)34-17(5)25(43)39-22(14-40)30(48)37-19/h15-16,18-22,40H,5-14,31H2,1-4H3,(H2,32,41)(H,33,44)(H,34,42)(H,35,46)(H,36,45)(H,37,48)(H,38,47)(H,39,43)/t18-,19-,20-,21-,22-/m0/s1. The number of hydrogen-bond donors (Lipinski definition) is 10. The van der Waals surface area contributed by atoms with Crippen molar-refractivity contribution in [3.63, 3.8) is 0 Å². The summed E-state index contributed by atoms with van der Waals surface area (Å²) in [6, 6.07) is -6.69. The van der Waals surface area contributed by atoms with Crippen molar-refractivity contribution < 1.29 is 43.5 Å². The number of unbranched alkanes of at least 4 members (excludes halogenated alkanes) is 1. The largest absolute Gasteiger partial charge is 0.394 e. The quantitative estimate of drug-likeness (QED) is 0.0751. The third kappa shape index (κ3) is 14.9. The maximum atomic E-state index is 13.6. The summed E-state index contributed by atoms with van der Waals surface area (Å²) in [5.74, 6) is -7.37. The molecule has 0 aliphatic carbocycles. The van der Waals surface area contributed by atoms with Crippen LogP contribution in [0.5, 0.6) is 0 Å². The Hall–Kier alpha value is -4.58. The summed E-state index contributed by atoms with van der Waals surface area (Å²) in [6.07, 6.45) is 0.642. The van der Waals surface area contributed by atoms with Crippen LogP contribution in [0, 0.1) is 11.8 Å². The Morgan fingerprint density at radius 2 is 1.23 bits per heavy atom. The molecule has 0 unspecified atom stereocenters. The zero-order valence-corrected chi connectivity index (χ0v) is 28.0. The zero-order valence-electron chi connectivity index (χ0n) is 28.0. The van der Waals surface area contributed by atoms with Gasteiger partial charge in [0.1, 0.15) is 30.2 Å². The van der Waals surface area contributed by atoms with E-state index in [1.165, 1.54) is 0 Å². The van der Waals surface area contributed by atoms with Gasteiger partial charge < -0.3 is 53.8 Å². The van der Waals surface area contributed by atoms with Gasteiger partial charge in [-0.2, -0.15) is 0 Å². The van der Waals surface area contributed by atoms with Crippen LogP contribution in [0.3, 0.4) is 0 Å². The molecule has 1 aliphatic heterocycles. The van der Waals surface area contributed by atoms with Crippen molar-refractivity contribution in [2.24, 2.45) is 23.3 Å². The molecule has 18 heteroatoms. The highest BCUT2D eigenvalue weighted by atomic mass is 16.3. The molecular formula is C30H51N9O9. The smallest absolute Gasteiger partial charge is 0.267 e. The van der Waals surface area contributed by atoms with Crippen LogP contribution in [0.15, 0.2) is 12.3 Å². The molecule has 1 heterocycles. The van der Waals surface area contributed by atoms with Crippen LogP contribution in [-0.2, 0) is 38.4 Å². The SMILES string of the molecule is C=C1NC(=O)CNC(=O)[C@H](CC(N)=O)NC(=O)[C@H](CC(C)C)NC(=O)[C@H](CCCCN)NC(=O)[C@H](CC(C)C)NC(=O)[C@H](CO)NC1=O. The number of amides is 8. The molecular weight excluding hydrogens is 630 g/mol. The minimum absolute atomic E-state index is 0.103. The van der Waals surface area contributed by atoms with E-state index in [2.05, 4.69) is 43.8 Å². The molecule has 270 valence electrons. The maximum Gasteiger partial charge on any atom is 0.267 e. The predicted octanol–water partition coefficient (Wildman–Crippen LogP) is -3.74. The first-order chi connectivity index (χ1) is 22.5. The molecule has 0 aromatic heterocycles. The van der Waals surface area contributed by atoms with Crippen molar-refractivity contribution in [3.05, 3.63) is 12.3 Å².